The fourth-order valence-corrected chi connectivity index (χ4v) is 2.90. The van der Waals surface area contributed by atoms with Gasteiger partial charge in [-0.2, -0.15) is 5.10 Å². The van der Waals surface area contributed by atoms with E-state index < -0.39 is 5.92 Å². The zero-order valence-electron chi connectivity index (χ0n) is 17.0. The average Bonchev–Trinajstić information content (AvgIpc) is 2.75. The molecule has 0 amide bonds. The molecule has 0 N–H and O–H groups in total. The third kappa shape index (κ3) is 9.39. The van der Waals surface area contributed by atoms with Crippen molar-refractivity contribution < 1.29 is 8.78 Å². The Labute approximate surface area is 148 Å². The molecule has 1 aliphatic carbocycles. The summed E-state index contributed by atoms with van der Waals surface area (Å²) in [5.74, 6) is -0.690. The third-order valence-electron chi connectivity index (χ3n) is 4.00. The van der Waals surface area contributed by atoms with E-state index in [2.05, 4.69) is 50.5 Å². The van der Waals surface area contributed by atoms with Crippen molar-refractivity contribution in [3.05, 3.63) is 17.5 Å². The van der Waals surface area contributed by atoms with E-state index in [1.807, 2.05) is 20.8 Å². The number of alkyl halides is 2. The topological polar surface area (TPSA) is 17.8 Å². The van der Waals surface area contributed by atoms with E-state index >= 15 is 0 Å². The lowest BCUT2D eigenvalue weighted by atomic mass is 9.77. The van der Waals surface area contributed by atoms with Crippen LogP contribution in [-0.4, -0.2) is 15.7 Å². The predicted octanol–water partition coefficient (Wildman–Crippen LogP) is 6.65. The number of aryl methyl sites for hydroxylation is 3. The van der Waals surface area contributed by atoms with Crippen molar-refractivity contribution in [2.45, 2.75) is 93.5 Å². The molecule has 4 heteroatoms. The summed E-state index contributed by atoms with van der Waals surface area (Å²) >= 11 is 0. The predicted molar refractivity (Wildman–Crippen MR) is 99.6 cm³/mol. The quantitative estimate of drug-likeness (QED) is 0.584. The second kappa shape index (κ2) is 10.8. The summed E-state index contributed by atoms with van der Waals surface area (Å²) in [7, 11) is 0. The molecule has 2 rings (SSSR count). The van der Waals surface area contributed by atoms with Crippen LogP contribution in [0.25, 0.3) is 0 Å². The first-order chi connectivity index (χ1) is 11.1. The molecule has 0 saturated heterocycles. The van der Waals surface area contributed by atoms with Crippen LogP contribution in [0.5, 0.6) is 0 Å². The van der Waals surface area contributed by atoms with Gasteiger partial charge >= 0.3 is 0 Å². The van der Waals surface area contributed by atoms with Gasteiger partial charge in [0, 0.05) is 25.1 Å². The fourth-order valence-electron chi connectivity index (χ4n) is 2.90. The molecule has 0 atom stereocenters. The van der Waals surface area contributed by atoms with Gasteiger partial charge in [-0.1, -0.05) is 41.5 Å². The average molecular weight is 345 g/mol. The maximum Gasteiger partial charge on any atom is 0.248 e. The van der Waals surface area contributed by atoms with Crippen molar-refractivity contribution in [3.63, 3.8) is 0 Å². The molecule has 142 valence electrons. The van der Waals surface area contributed by atoms with Crippen LogP contribution in [0.15, 0.2) is 6.07 Å². The number of halogens is 2. The van der Waals surface area contributed by atoms with Gasteiger partial charge in [0.1, 0.15) is 0 Å². The van der Waals surface area contributed by atoms with E-state index in [-0.39, 0.29) is 12.8 Å². The van der Waals surface area contributed by atoms with E-state index in [4.69, 9.17) is 0 Å². The molecule has 1 heterocycles. The van der Waals surface area contributed by atoms with Crippen LogP contribution in [0, 0.1) is 31.6 Å². The molecule has 1 aliphatic rings. The maximum absolute atomic E-state index is 12.2. The molecule has 0 aromatic carbocycles. The number of hydrogen-bond acceptors (Lipinski definition) is 1. The minimum atomic E-state index is -2.32. The van der Waals surface area contributed by atoms with Gasteiger partial charge in [-0.05, 0) is 50.5 Å². The van der Waals surface area contributed by atoms with Crippen LogP contribution in [0.4, 0.5) is 8.78 Å². The molecule has 0 aliphatic heterocycles. The van der Waals surface area contributed by atoms with Crippen LogP contribution in [-0.2, 0) is 6.54 Å². The molecule has 0 bridgehead atoms. The molecule has 1 aromatic rings. The highest BCUT2D eigenvalue weighted by Crippen LogP contribution is 2.45. The van der Waals surface area contributed by atoms with Gasteiger partial charge in [0.25, 0.3) is 0 Å². The number of nitrogens with zero attached hydrogens (tertiary/aromatic N) is 2. The third-order valence-corrected chi connectivity index (χ3v) is 4.00. The smallest absolute Gasteiger partial charge is 0.248 e. The van der Waals surface area contributed by atoms with Gasteiger partial charge in [0.15, 0.2) is 0 Å². The fraction of sp³-hybridized carbons (Fsp3) is 0.850. The number of rotatable bonds is 5. The molecule has 0 unspecified atom stereocenters. The molecule has 24 heavy (non-hydrogen) atoms. The van der Waals surface area contributed by atoms with Gasteiger partial charge < -0.3 is 0 Å². The summed E-state index contributed by atoms with van der Waals surface area (Å²) in [5, 5.41) is 4.40. The Kier molecular flexibility index (Phi) is 10.4. The van der Waals surface area contributed by atoms with E-state index in [1.54, 1.807) is 0 Å². The molecule has 1 fully saturated rings. The van der Waals surface area contributed by atoms with E-state index in [0.717, 1.165) is 24.6 Å². The first-order valence-electron chi connectivity index (χ1n) is 9.48. The minimum Gasteiger partial charge on any atom is -0.270 e. The minimum absolute atomic E-state index is 0.130. The van der Waals surface area contributed by atoms with Gasteiger partial charge in [-0.15, -0.1) is 0 Å². The highest BCUT2D eigenvalue weighted by molar-refractivity contribution is 5.06. The molecule has 1 aromatic heterocycles. The number of aromatic nitrogens is 2. The van der Waals surface area contributed by atoms with Gasteiger partial charge in [0.05, 0.1) is 5.69 Å². The first kappa shape index (κ1) is 23.1. The lowest BCUT2D eigenvalue weighted by Crippen LogP contribution is -2.35. The monoisotopic (exact) mass is 344 g/mol. The van der Waals surface area contributed by atoms with Gasteiger partial charge in [-0.25, -0.2) is 8.78 Å². The second-order valence-corrected chi connectivity index (χ2v) is 7.59. The van der Waals surface area contributed by atoms with Gasteiger partial charge in [-0.3, -0.25) is 4.68 Å². The Balaban J connectivity index is 0.000000405. The highest BCUT2D eigenvalue weighted by atomic mass is 19.3. The van der Waals surface area contributed by atoms with Crippen molar-refractivity contribution in [1.82, 2.24) is 9.78 Å². The molecular weight excluding hydrogens is 306 g/mol. The Morgan fingerprint density at radius 2 is 1.67 bits per heavy atom. The number of hydrogen-bond donors (Lipinski definition) is 0. The van der Waals surface area contributed by atoms with Crippen LogP contribution in [0.2, 0.25) is 0 Å². The Hall–Kier alpha value is -0.930. The van der Waals surface area contributed by atoms with Crippen molar-refractivity contribution in [1.29, 1.82) is 0 Å². The summed E-state index contributed by atoms with van der Waals surface area (Å²) in [5.41, 5.74) is 2.39. The van der Waals surface area contributed by atoms with Gasteiger partial charge in [0.2, 0.25) is 5.92 Å². The molecule has 0 spiro atoms. The van der Waals surface area contributed by atoms with Crippen molar-refractivity contribution in [2.75, 3.05) is 0 Å². The standard InChI is InChI=1S/C10H18N2.C8H14F2.C2H6/c1-8(2)5-6-12-10(4)7-9(3)11-12;1-6(2)3-7-4-8(9,10)5-7;1-2/h7-8H,5-6H2,1-4H3;6-7H,3-5H2,1-2H3;1-2H3. The Bertz CT molecular complexity index is 440. The lowest BCUT2D eigenvalue weighted by Gasteiger charge is -2.35. The van der Waals surface area contributed by atoms with E-state index in [9.17, 15) is 8.78 Å². The summed E-state index contributed by atoms with van der Waals surface area (Å²) in [6.45, 7) is 17.8. The van der Waals surface area contributed by atoms with Crippen molar-refractivity contribution in [2.24, 2.45) is 17.8 Å². The van der Waals surface area contributed by atoms with Crippen LogP contribution < -0.4 is 0 Å². The Morgan fingerprint density at radius 1 is 1.12 bits per heavy atom. The van der Waals surface area contributed by atoms with Crippen molar-refractivity contribution in [3.8, 4) is 0 Å². The Morgan fingerprint density at radius 3 is 2.00 bits per heavy atom. The highest BCUT2D eigenvalue weighted by Gasteiger charge is 2.44. The normalized spacial score (nSPS) is 16.2. The molecule has 1 saturated carbocycles. The summed E-state index contributed by atoms with van der Waals surface area (Å²) in [6.07, 6.45) is 2.44. The summed E-state index contributed by atoms with van der Waals surface area (Å²) in [6, 6.07) is 2.13. The zero-order chi connectivity index (χ0) is 18.9. The van der Waals surface area contributed by atoms with Crippen LogP contribution in [0.3, 0.4) is 0 Å². The van der Waals surface area contributed by atoms with E-state index in [0.29, 0.717) is 11.8 Å². The first-order valence-corrected chi connectivity index (χ1v) is 9.48. The second-order valence-electron chi connectivity index (χ2n) is 7.59. The van der Waals surface area contributed by atoms with Crippen LogP contribution >= 0.6 is 0 Å². The lowest BCUT2D eigenvalue weighted by molar-refractivity contribution is -0.114. The van der Waals surface area contributed by atoms with Crippen molar-refractivity contribution >= 4 is 0 Å². The van der Waals surface area contributed by atoms with E-state index in [1.165, 1.54) is 12.1 Å². The molecule has 0 radical (unpaired) electrons. The van der Waals surface area contributed by atoms with Crippen LogP contribution in [0.1, 0.15) is 78.6 Å². The summed E-state index contributed by atoms with van der Waals surface area (Å²) < 4.78 is 26.6. The zero-order valence-corrected chi connectivity index (χ0v) is 17.0. The SMILES string of the molecule is CC.CC(C)CC1CC(F)(F)C1.Cc1cc(C)n(CCC(C)C)n1. The largest absolute Gasteiger partial charge is 0.270 e. The molecule has 2 nitrogen and oxygen atoms in total. The summed E-state index contributed by atoms with van der Waals surface area (Å²) in [4.78, 5) is 0. The maximum atomic E-state index is 12.2. The molecular formula is C20H38F2N2.